The molecule has 3 rings (SSSR count). The van der Waals surface area contributed by atoms with E-state index in [0.717, 1.165) is 22.8 Å². The van der Waals surface area contributed by atoms with Crippen molar-refractivity contribution in [2.75, 3.05) is 18.1 Å². The second kappa shape index (κ2) is 5.91. The molecular formula is C13H22N4O2S2. The van der Waals surface area contributed by atoms with Crippen LogP contribution < -0.4 is 5.32 Å². The summed E-state index contributed by atoms with van der Waals surface area (Å²) in [7, 11) is -3.51. The lowest BCUT2D eigenvalue weighted by Gasteiger charge is -2.31. The van der Waals surface area contributed by atoms with Crippen molar-refractivity contribution in [2.24, 2.45) is 0 Å². The quantitative estimate of drug-likeness (QED) is 0.845. The summed E-state index contributed by atoms with van der Waals surface area (Å²) in [5, 5.41) is 10.5. The van der Waals surface area contributed by atoms with Crippen molar-refractivity contribution in [1.82, 2.24) is 19.8 Å². The Morgan fingerprint density at radius 3 is 2.90 bits per heavy atom. The molecule has 1 aromatic rings. The van der Waals surface area contributed by atoms with Crippen LogP contribution in [0.1, 0.15) is 31.0 Å². The van der Waals surface area contributed by atoms with Gasteiger partial charge in [-0.25, -0.2) is 8.42 Å². The van der Waals surface area contributed by atoms with Crippen LogP contribution in [0.25, 0.3) is 0 Å². The number of aromatic nitrogens is 2. The van der Waals surface area contributed by atoms with Gasteiger partial charge in [-0.15, -0.1) is 0 Å². The average molecular weight is 330 g/mol. The van der Waals surface area contributed by atoms with E-state index in [2.05, 4.69) is 15.5 Å². The van der Waals surface area contributed by atoms with E-state index in [9.17, 15) is 8.42 Å². The lowest BCUT2D eigenvalue weighted by atomic mass is 10.2. The van der Waals surface area contributed by atoms with Crippen molar-refractivity contribution in [3.05, 3.63) is 11.3 Å². The van der Waals surface area contributed by atoms with Crippen LogP contribution in [0.3, 0.4) is 0 Å². The Bertz CT molecular complexity index is 610. The van der Waals surface area contributed by atoms with E-state index < -0.39 is 10.0 Å². The molecule has 0 spiro atoms. The summed E-state index contributed by atoms with van der Waals surface area (Å²) >= 11 is 1.80. The van der Waals surface area contributed by atoms with Crippen LogP contribution in [0.4, 0.5) is 0 Å². The van der Waals surface area contributed by atoms with E-state index in [4.69, 9.17) is 0 Å². The van der Waals surface area contributed by atoms with Gasteiger partial charge in [-0.3, -0.25) is 5.10 Å². The number of hydrogen-bond donors (Lipinski definition) is 2. The first-order valence-corrected chi connectivity index (χ1v) is 9.96. The van der Waals surface area contributed by atoms with Gasteiger partial charge in [0.2, 0.25) is 0 Å². The number of H-pyrrole nitrogens is 1. The third kappa shape index (κ3) is 3.13. The molecule has 1 atom stereocenters. The molecule has 2 fully saturated rings. The van der Waals surface area contributed by atoms with Crippen molar-refractivity contribution in [3.8, 4) is 0 Å². The third-order valence-electron chi connectivity index (χ3n) is 4.04. The normalized spacial score (nSPS) is 24.4. The van der Waals surface area contributed by atoms with Crippen molar-refractivity contribution in [1.29, 1.82) is 0 Å². The SMILES string of the molecule is Cc1[nH]nc(S(=O)(=O)N2CCSCC2C)c1CNC1CC1. The number of aryl methyl sites for hydroxylation is 1. The molecule has 8 heteroatoms. The molecule has 1 aromatic heterocycles. The average Bonchev–Trinajstić information content (AvgIpc) is 3.19. The minimum absolute atomic E-state index is 0.0231. The van der Waals surface area contributed by atoms with E-state index in [-0.39, 0.29) is 11.1 Å². The van der Waals surface area contributed by atoms with Crippen LogP contribution in [0.5, 0.6) is 0 Å². The monoisotopic (exact) mass is 330 g/mol. The number of hydrogen-bond acceptors (Lipinski definition) is 5. The third-order valence-corrected chi connectivity index (χ3v) is 7.22. The van der Waals surface area contributed by atoms with E-state index >= 15 is 0 Å². The van der Waals surface area contributed by atoms with Gasteiger partial charge in [-0.2, -0.15) is 21.2 Å². The van der Waals surface area contributed by atoms with Crippen LogP contribution in [-0.2, 0) is 16.6 Å². The second-order valence-corrected chi connectivity index (χ2v) is 8.78. The lowest BCUT2D eigenvalue weighted by Crippen LogP contribution is -2.44. The molecule has 0 amide bonds. The van der Waals surface area contributed by atoms with Gasteiger partial charge in [0.15, 0.2) is 5.03 Å². The second-order valence-electron chi connectivity index (χ2n) is 5.83. The zero-order valence-corrected chi connectivity index (χ0v) is 14.1. The number of aromatic amines is 1. The smallest absolute Gasteiger partial charge is 0.263 e. The highest BCUT2D eigenvalue weighted by molar-refractivity contribution is 7.99. The van der Waals surface area contributed by atoms with Gasteiger partial charge >= 0.3 is 0 Å². The van der Waals surface area contributed by atoms with Crippen molar-refractivity contribution >= 4 is 21.8 Å². The van der Waals surface area contributed by atoms with Crippen LogP contribution in [0.15, 0.2) is 5.03 Å². The predicted molar refractivity (Wildman–Crippen MR) is 83.9 cm³/mol. The summed E-state index contributed by atoms with van der Waals surface area (Å²) in [5.41, 5.74) is 1.62. The maximum Gasteiger partial charge on any atom is 0.263 e. The number of sulfonamides is 1. The van der Waals surface area contributed by atoms with Gasteiger partial charge in [-0.1, -0.05) is 0 Å². The highest BCUT2D eigenvalue weighted by atomic mass is 32.2. The summed E-state index contributed by atoms with van der Waals surface area (Å²) < 4.78 is 27.4. The Morgan fingerprint density at radius 2 is 2.24 bits per heavy atom. The molecule has 1 saturated carbocycles. The van der Waals surface area contributed by atoms with Crippen molar-refractivity contribution < 1.29 is 8.42 Å². The summed E-state index contributed by atoms with van der Waals surface area (Å²) in [6, 6.07) is 0.565. The molecule has 118 valence electrons. The molecule has 21 heavy (non-hydrogen) atoms. The minimum atomic E-state index is -3.51. The summed E-state index contributed by atoms with van der Waals surface area (Å²) in [6.07, 6.45) is 2.36. The van der Waals surface area contributed by atoms with Gasteiger partial charge in [0.05, 0.1) is 0 Å². The summed E-state index contributed by atoms with van der Waals surface area (Å²) in [6.45, 7) is 4.98. The zero-order valence-electron chi connectivity index (χ0n) is 12.4. The Kier molecular flexibility index (Phi) is 4.31. The molecule has 0 bridgehead atoms. The van der Waals surface area contributed by atoms with Crippen LogP contribution >= 0.6 is 11.8 Å². The lowest BCUT2D eigenvalue weighted by molar-refractivity contribution is 0.365. The Labute approximate surface area is 130 Å². The van der Waals surface area contributed by atoms with E-state index in [0.29, 0.717) is 19.1 Å². The topological polar surface area (TPSA) is 78.1 Å². The zero-order chi connectivity index (χ0) is 15.0. The number of thioether (sulfide) groups is 1. The largest absolute Gasteiger partial charge is 0.310 e. The molecule has 1 aliphatic heterocycles. The maximum absolute atomic E-state index is 12.9. The van der Waals surface area contributed by atoms with Gasteiger partial charge in [0, 0.05) is 47.9 Å². The van der Waals surface area contributed by atoms with Crippen LogP contribution in [0.2, 0.25) is 0 Å². The predicted octanol–water partition coefficient (Wildman–Crippen LogP) is 1.10. The maximum atomic E-state index is 12.9. The molecule has 2 heterocycles. The van der Waals surface area contributed by atoms with E-state index in [1.807, 2.05) is 13.8 Å². The van der Waals surface area contributed by atoms with Gasteiger partial charge in [0.1, 0.15) is 0 Å². The number of rotatable bonds is 5. The molecule has 2 aliphatic rings. The standard InChI is InChI=1S/C13H22N4O2S2/c1-9-8-20-6-5-17(9)21(18,19)13-12(10(2)15-16-13)7-14-11-3-4-11/h9,11,14H,3-8H2,1-2H3,(H,15,16). The number of nitrogens with one attached hydrogen (secondary N) is 2. The molecule has 1 saturated heterocycles. The molecule has 1 aliphatic carbocycles. The molecule has 6 nitrogen and oxygen atoms in total. The molecule has 1 unspecified atom stereocenters. The Hall–Kier alpha value is -0.570. The summed E-state index contributed by atoms with van der Waals surface area (Å²) in [5.74, 6) is 1.70. The van der Waals surface area contributed by atoms with Gasteiger partial charge in [0.25, 0.3) is 10.0 Å². The highest BCUT2D eigenvalue weighted by Gasteiger charge is 2.35. The summed E-state index contributed by atoms with van der Waals surface area (Å²) in [4.78, 5) is 0. The fourth-order valence-corrected chi connectivity index (χ4v) is 5.59. The molecule has 0 radical (unpaired) electrons. The van der Waals surface area contributed by atoms with Gasteiger partial charge in [-0.05, 0) is 26.7 Å². The minimum Gasteiger partial charge on any atom is -0.310 e. The van der Waals surface area contributed by atoms with Crippen molar-refractivity contribution in [2.45, 2.75) is 50.3 Å². The Balaban J connectivity index is 1.87. The molecule has 0 aromatic carbocycles. The van der Waals surface area contributed by atoms with E-state index in [1.165, 1.54) is 12.8 Å². The first-order valence-electron chi connectivity index (χ1n) is 7.37. The van der Waals surface area contributed by atoms with Crippen molar-refractivity contribution in [3.63, 3.8) is 0 Å². The molecule has 2 N–H and O–H groups in total. The van der Waals surface area contributed by atoms with E-state index in [1.54, 1.807) is 16.1 Å². The highest BCUT2D eigenvalue weighted by Crippen LogP contribution is 2.27. The van der Waals surface area contributed by atoms with Crippen LogP contribution in [0, 0.1) is 6.92 Å². The van der Waals surface area contributed by atoms with Crippen LogP contribution in [-0.4, -0.2) is 53.1 Å². The Morgan fingerprint density at radius 1 is 1.48 bits per heavy atom. The fourth-order valence-electron chi connectivity index (χ4n) is 2.57. The molecular weight excluding hydrogens is 308 g/mol. The number of nitrogens with zero attached hydrogens (tertiary/aromatic N) is 2. The first-order chi connectivity index (χ1) is 10.00. The van der Waals surface area contributed by atoms with Gasteiger partial charge < -0.3 is 5.32 Å². The fraction of sp³-hybridized carbons (Fsp3) is 0.769. The first kappa shape index (κ1) is 15.3.